The van der Waals surface area contributed by atoms with E-state index in [2.05, 4.69) is 10.3 Å². The summed E-state index contributed by atoms with van der Waals surface area (Å²) in [5, 5.41) is 6.16. The number of benzene rings is 1. The SMILES string of the molecule is CN(C(=O)Cc1csc(Cc2ccc(F)cc2)n1)C1CCNC1.Cl.Cl. The van der Waals surface area contributed by atoms with Crippen LogP contribution in [0.15, 0.2) is 29.6 Å². The summed E-state index contributed by atoms with van der Waals surface area (Å²) in [5.41, 5.74) is 1.84. The third-order valence-corrected chi connectivity index (χ3v) is 5.07. The molecule has 4 nitrogen and oxygen atoms in total. The van der Waals surface area contributed by atoms with Gasteiger partial charge >= 0.3 is 0 Å². The maximum atomic E-state index is 12.9. The first-order valence-electron chi connectivity index (χ1n) is 7.76. The smallest absolute Gasteiger partial charge is 0.228 e. The molecule has 0 bridgehead atoms. The lowest BCUT2D eigenvalue weighted by Crippen LogP contribution is -2.39. The molecular formula is C17H22Cl2FN3OS. The Morgan fingerprint density at radius 1 is 1.36 bits per heavy atom. The molecule has 0 radical (unpaired) electrons. The van der Waals surface area contributed by atoms with Crippen molar-refractivity contribution in [2.75, 3.05) is 20.1 Å². The number of likely N-dealkylation sites (N-methyl/N-ethyl adjacent to an activating group) is 1. The standard InChI is InChI=1S/C17H20FN3OS.2ClH/c1-21(15-6-7-19-10-15)17(22)9-14-11-23-16(20-14)8-12-2-4-13(18)5-3-12;;/h2-5,11,15,19H,6-10H2,1H3;2*1H. The lowest BCUT2D eigenvalue weighted by atomic mass is 10.1. The number of carbonyl (C=O) groups is 1. The second-order valence-electron chi connectivity index (χ2n) is 5.86. The van der Waals surface area contributed by atoms with Crippen LogP contribution in [0.2, 0.25) is 0 Å². The van der Waals surface area contributed by atoms with Crippen molar-refractivity contribution in [2.45, 2.75) is 25.3 Å². The Bertz CT molecular complexity index is 675. The van der Waals surface area contributed by atoms with Gasteiger partial charge in [-0.05, 0) is 30.7 Å². The lowest BCUT2D eigenvalue weighted by molar-refractivity contribution is -0.130. The molecule has 1 saturated heterocycles. The number of rotatable bonds is 5. The van der Waals surface area contributed by atoms with E-state index in [1.807, 2.05) is 17.3 Å². The number of halogens is 3. The van der Waals surface area contributed by atoms with E-state index in [1.54, 1.807) is 23.5 Å². The van der Waals surface area contributed by atoms with E-state index in [0.29, 0.717) is 18.9 Å². The third-order valence-electron chi connectivity index (χ3n) is 4.18. The first kappa shape index (κ1) is 21.8. The first-order valence-corrected chi connectivity index (χ1v) is 8.64. The first-order chi connectivity index (χ1) is 11.1. The highest BCUT2D eigenvalue weighted by Gasteiger charge is 2.23. The van der Waals surface area contributed by atoms with Crippen LogP contribution in [0.3, 0.4) is 0 Å². The average Bonchev–Trinajstić information content (AvgIpc) is 3.21. The van der Waals surface area contributed by atoms with E-state index in [1.165, 1.54) is 12.1 Å². The zero-order valence-corrected chi connectivity index (χ0v) is 16.4. The molecule has 1 aliphatic rings. The van der Waals surface area contributed by atoms with Crippen LogP contribution in [-0.2, 0) is 17.6 Å². The number of carbonyl (C=O) groups excluding carboxylic acids is 1. The van der Waals surface area contributed by atoms with Crippen LogP contribution in [0.4, 0.5) is 4.39 Å². The van der Waals surface area contributed by atoms with Gasteiger partial charge in [-0.25, -0.2) is 9.37 Å². The van der Waals surface area contributed by atoms with Crippen molar-refractivity contribution >= 4 is 42.1 Å². The average molecular weight is 406 g/mol. The van der Waals surface area contributed by atoms with Crippen LogP contribution in [-0.4, -0.2) is 42.0 Å². The predicted octanol–water partition coefficient (Wildman–Crippen LogP) is 3.08. The van der Waals surface area contributed by atoms with Crippen molar-refractivity contribution < 1.29 is 9.18 Å². The maximum absolute atomic E-state index is 12.9. The van der Waals surface area contributed by atoms with Crippen LogP contribution in [0, 0.1) is 5.82 Å². The summed E-state index contributed by atoms with van der Waals surface area (Å²) in [5.74, 6) is -0.124. The summed E-state index contributed by atoms with van der Waals surface area (Å²) in [7, 11) is 1.87. The zero-order valence-electron chi connectivity index (χ0n) is 13.9. The molecule has 1 aliphatic heterocycles. The molecule has 1 amide bonds. The number of hydrogen-bond acceptors (Lipinski definition) is 4. The predicted molar refractivity (Wildman–Crippen MR) is 104 cm³/mol. The Labute approximate surface area is 163 Å². The van der Waals surface area contributed by atoms with Gasteiger partial charge in [-0.15, -0.1) is 36.2 Å². The van der Waals surface area contributed by atoms with Crippen molar-refractivity contribution in [3.05, 3.63) is 51.7 Å². The minimum atomic E-state index is -0.233. The molecule has 2 aromatic rings. The van der Waals surface area contributed by atoms with E-state index in [9.17, 15) is 9.18 Å². The van der Waals surface area contributed by atoms with Gasteiger partial charge in [0.2, 0.25) is 5.91 Å². The summed E-state index contributed by atoms with van der Waals surface area (Å²) in [6, 6.07) is 6.74. The number of nitrogens with one attached hydrogen (secondary N) is 1. The molecule has 0 saturated carbocycles. The molecule has 3 rings (SSSR count). The number of hydrogen-bond donors (Lipinski definition) is 1. The molecule has 138 valence electrons. The quantitative estimate of drug-likeness (QED) is 0.830. The van der Waals surface area contributed by atoms with E-state index < -0.39 is 0 Å². The Kier molecular flexibility index (Phi) is 8.79. The molecule has 1 aromatic heterocycles. The normalized spacial score (nSPS) is 16.0. The Hall–Kier alpha value is -1.21. The Morgan fingerprint density at radius 2 is 2.08 bits per heavy atom. The molecule has 1 N–H and O–H groups in total. The van der Waals surface area contributed by atoms with Gasteiger partial charge in [0.05, 0.1) is 17.1 Å². The Morgan fingerprint density at radius 3 is 2.72 bits per heavy atom. The van der Waals surface area contributed by atoms with Gasteiger partial charge in [0.15, 0.2) is 0 Å². The molecule has 8 heteroatoms. The van der Waals surface area contributed by atoms with E-state index in [0.717, 1.165) is 35.8 Å². The fourth-order valence-electron chi connectivity index (χ4n) is 2.74. The molecule has 25 heavy (non-hydrogen) atoms. The summed E-state index contributed by atoms with van der Waals surface area (Å²) >= 11 is 1.55. The van der Waals surface area contributed by atoms with Gasteiger partial charge in [-0.1, -0.05) is 12.1 Å². The van der Waals surface area contributed by atoms with Crippen molar-refractivity contribution in [1.29, 1.82) is 0 Å². The van der Waals surface area contributed by atoms with Gasteiger partial charge in [0.25, 0.3) is 0 Å². The van der Waals surface area contributed by atoms with Crippen molar-refractivity contribution in [3.8, 4) is 0 Å². The van der Waals surface area contributed by atoms with Gasteiger partial charge in [-0.3, -0.25) is 4.79 Å². The van der Waals surface area contributed by atoms with Crippen molar-refractivity contribution in [2.24, 2.45) is 0 Å². The van der Waals surface area contributed by atoms with Crippen LogP contribution >= 0.6 is 36.2 Å². The molecule has 2 heterocycles. The van der Waals surface area contributed by atoms with Crippen LogP contribution < -0.4 is 5.32 Å². The van der Waals surface area contributed by atoms with Crippen molar-refractivity contribution in [3.63, 3.8) is 0 Å². The van der Waals surface area contributed by atoms with Crippen LogP contribution in [0.25, 0.3) is 0 Å². The molecule has 1 unspecified atom stereocenters. The van der Waals surface area contributed by atoms with Gasteiger partial charge in [-0.2, -0.15) is 0 Å². The summed E-state index contributed by atoms with van der Waals surface area (Å²) < 4.78 is 12.9. The molecule has 1 fully saturated rings. The summed E-state index contributed by atoms with van der Waals surface area (Å²) in [6.07, 6.45) is 2.02. The molecule has 0 spiro atoms. The van der Waals surface area contributed by atoms with Crippen molar-refractivity contribution in [1.82, 2.24) is 15.2 Å². The highest BCUT2D eigenvalue weighted by Crippen LogP contribution is 2.17. The second-order valence-corrected chi connectivity index (χ2v) is 6.81. The number of amides is 1. The third kappa shape index (κ3) is 5.92. The largest absolute Gasteiger partial charge is 0.341 e. The van der Waals surface area contributed by atoms with Gasteiger partial charge < -0.3 is 10.2 Å². The molecule has 1 aromatic carbocycles. The topological polar surface area (TPSA) is 45.2 Å². The molecule has 0 aliphatic carbocycles. The van der Waals surface area contributed by atoms with Gasteiger partial charge in [0, 0.05) is 31.4 Å². The Balaban J connectivity index is 0.00000156. The molecule has 1 atom stereocenters. The van der Waals surface area contributed by atoms with Crippen LogP contribution in [0.5, 0.6) is 0 Å². The number of nitrogens with zero attached hydrogens (tertiary/aromatic N) is 2. The fourth-order valence-corrected chi connectivity index (χ4v) is 3.57. The number of aromatic nitrogens is 1. The van der Waals surface area contributed by atoms with Crippen LogP contribution in [0.1, 0.15) is 22.7 Å². The fraction of sp³-hybridized carbons (Fsp3) is 0.412. The number of thiazole rings is 1. The van der Waals surface area contributed by atoms with E-state index >= 15 is 0 Å². The minimum Gasteiger partial charge on any atom is -0.341 e. The zero-order chi connectivity index (χ0) is 16.2. The second kappa shape index (κ2) is 10.1. The van der Waals surface area contributed by atoms with E-state index in [4.69, 9.17) is 0 Å². The maximum Gasteiger partial charge on any atom is 0.228 e. The highest BCUT2D eigenvalue weighted by atomic mass is 35.5. The monoisotopic (exact) mass is 405 g/mol. The lowest BCUT2D eigenvalue weighted by Gasteiger charge is -2.23. The van der Waals surface area contributed by atoms with E-state index in [-0.39, 0.29) is 36.5 Å². The minimum absolute atomic E-state index is 0. The molecular weight excluding hydrogens is 384 g/mol. The highest BCUT2D eigenvalue weighted by molar-refractivity contribution is 7.09. The van der Waals surface area contributed by atoms with Gasteiger partial charge in [0.1, 0.15) is 5.82 Å². The summed E-state index contributed by atoms with van der Waals surface area (Å²) in [4.78, 5) is 18.7. The summed E-state index contributed by atoms with van der Waals surface area (Å²) in [6.45, 7) is 1.84.